The van der Waals surface area contributed by atoms with Crippen molar-refractivity contribution in [3.63, 3.8) is 0 Å². The molecular weight excluding hydrogens is 392 g/mol. The van der Waals surface area contributed by atoms with Gasteiger partial charge in [0.25, 0.3) is 11.7 Å². The predicted octanol–water partition coefficient (Wildman–Crippen LogP) is 1.72. The number of rotatable bonds is 6. The van der Waals surface area contributed by atoms with Crippen LogP contribution in [0.5, 0.6) is 0 Å². The zero-order chi connectivity index (χ0) is 21.8. The fourth-order valence-corrected chi connectivity index (χ4v) is 4.37. The highest BCUT2D eigenvalue weighted by atomic mass is 16.5. The number of ether oxygens (including phenoxy) is 1. The topological polar surface area (TPSA) is 71.3 Å². The lowest BCUT2D eigenvalue weighted by molar-refractivity contribution is -0.908. The first-order valence-corrected chi connectivity index (χ1v) is 10.9. The molecule has 2 saturated heterocycles. The van der Waals surface area contributed by atoms with E-state index in [0.717, 1.165) is 50.4 Å². The molecule has 1 amide bonds. The van der Waals surface area contributed by atoms with Crippen LogP contribution >= 0.6 is 0 Å². The zero-order valence-electron chi connectivity index (χ0n) is 17.8. The van der Waals surface area contributed by atoms with Crippen LogP contribution in [0.25, 0.3) is 5.76 Å². The maximum absolute atomic E-state index is 13.0. The molecule has 4 rings (SSSR count). The Morgan fingerprint density at radius 1 is 1.06 bits per heavy atom. The molecule has 2 fully saturated rings. The summed E-state index contributed by atoms with van der Waals surface area (Å²) in [5.41, 5.74) is 2.63. The summed E-state index contributed by atoms with van der Waals surface area (Å²) in [5, 5.41) is 11.0. The third-order valence-corrected chi connectivity index (χ3v) is 6.11. The van der Waals surface area contributed by atoms with Gasteiger partial charge in [0, 0.05) is 18.5 Å². The van der Waals surface area contributed by atoms with E-state index in [4.69, 9.17) is 4.74 Å². The monoisotopic (exact) mass is 421 g/mol. The minimum atomic E-state index is -0.620. The quantitative estimate of drug-likeness (QED) is 0.423. The van der Waals surface area contributed by atoms with Gasteiger partial charge in [-0.05, 0) is 12.5 Å². The first kappa shape index (κ1) is 21.3. The van der Waals surface area contributed by atoms with E-state index < -0.39 is 17.7 Å². The summed E-state index contributed by atoms with van der Waals surface area (Å²) >= 11 is 0. The smallest absolute Gasteiger partial charge is 0.295 e. The Hall–Kier alpha value is -2.96. The largest absolute Gasteiger partial charge is 0.507 e. The van der Waals surface area contributed by atoms with Gasteiger partial charge in [0.2, 0.25) is 0 Å². The van der Waals surface area contributed by atoms with Crippen LogP contribution in [0, 0.1) is 6.92 Å². The van der Waals surface area contributed by atoms with Crippen molar-refractivity contribution in [2.24, 2.45) is 0 Å². The molecule has 6 heteroatoms. The number of ketones is 1. The minimum absolute atomic E-state index is 0.120. The van der Waals surface area contributed by atoms with E-state index in [1.807, 2.05) is 37.3 Å². The number of aliphatic hydroxyl groups is 1. The number of hydrogen-bond acceptors (Lipinski definition) is 4. The lowest BCUT2D eigenvalue weighted by atomic mass is 9.94. The molecule has 0 aromatic heterocycles. The maximum atomic E-state index is 13.0. The van der Waals surface area contributed by atoms with Crippen LogP contribution in [0.1, 0.15) is 29.2 Å². The van der Waals surface area contributed by atoms with Crippen molar-refractivity contribution in [2.45, 2.75) is 19.4 Å². The van der Waals surface area contributed by atoms with Crippen LogP contribution in [0.2, 0.25) is 0 Å². The number of likely N-dealkylation sites (tertiary alicyclic amines) is 1. The molecule has 1 atom stereocenters. The van der Waals surface area contributed by atoms with Gasteiger partial charge in [0.15, 0.2) is 0 Å². The first-order chi connectivity index (χ1) is 15.1. The summed E-state index contributed by atoms with van der Waals surface area (Å²) in [4.78, 5) is 29.1. The number of nitrogens with zero attached hydrogens (tertiary/aromatic N) is 1. The van der Waals surface area contributed by atoms with Gasteiger partial charge in [0.1, 0.15) is 18.8 Å². The molecule has 2 heterocycles. The Balaban J connectivity index is 1.65. The number of aliphatic hydroxyl groups excluding tert-OH is 1. The molecule has 2 aliphatic heterocycles. The molecule has 31 heavy (non-hydrogen) atoms. The highest BCUT2D eigenvalue weighted by molar-refractivity contribution is 6.46. The number of aryl methyl sites for hydroxylation is 1. The normalized spacial score (nSPS) is 21.6. The zero-order valence-corrected chi connectivity index (χ0v) is 17.8. The van der Waals surface area contributed by atoms with Crippen molar-refractivity contribution >= 4 is 17.4 Å². The van der Waals surface area contributed by atoms with Crippen LogP contribution in [-0.4, -0.2) is 61.1 Å². The van der Waals surface area contributed by atoms with E-state index in [9.17, 15) is 14.7 Å². The molecule has 6 nitrogen and oxygen atoms in total. The number of Topliss-reactive ketones (excluding diaryl/α,β-unsaturated/α-hetero) is 1. The molecule has 162 valence electrons. The Morgan fingerprint density at radius 2 is 1.74 bits per heavy atom. The van der Waals surface area contributed by atoms with Crippen LogP contribution in [0.4, 0.5) is 0 Å². The maximum Gasteiger partial charge on any atom is 0.295 e. The second kappa shape index (κ2) is 9.45. The molecule has 2 aliphatic rings. The Labute approximate surface area is 182 Å². The van der Waals surface area contributed by atoms with Crippen LogP contribution < -0.4 is 4.90 Å². The van der Waals surface area contributed by atoms with E-state index in [1.54, 1.807) is 29.2 Å². The molecule has 2 N–H and O–H groups in total. The van der Waals surface area contributed by atoms with Gasteiger partial charge in [-0.15, -0.1) is 0 Å². The van der Waals surface area contributed by atoms with Crippen LogP contribution in [-0.2, 0) is 14.3 Å². The highest BCUT2D eigenvalue weighted by Crippen LogP contribution is 2.39. The molecule has 0 saturated carbocycles. The predicted molar refractivity (Wildman–Crippen MR) is 118 cm³/mol. The number of benzene rings is 2. The minimum Gasteiger partial charge on any atom is -0.507 e. The number of quaternary nitrogens is 1. The summed E-state index contributed by atoms with van der Waals surface area (Å²) in [6.07, 6.45) is 0.788. The second-order valence-electron chi connectivity index (χ2n) is 8.24. The number of carbonyl (C=O) groups excluding carboxylic acids is 2. The third kappa shape index (κ3) is 4.55. The highest BCUT2D eigenvalue weighted by Gasteiger charge is 2.45. The van der Waals surface area contributed by atoms with Crippen molar-refractivity contribution in [2.75, 3.05) is 39.4 Å². The van der Waals surface area contributed by atoms with E-state index in [0.29, 0.717) is 12.1 Å². The fraction of sp³-hybridized carbons (Fsp3) is 0.360. The third-order valence-electron chi connectivity index (χ3n) is 6.11. The Kier molecular flexibility index (Phi) is 6.49. The SMILES string of the molecule is Cc1ccc([C@@H]2C(=C(O)c3ccccc3)C(=O)C(=O)N2CCC[NH+]2CCOCC2)cc1. The lowest BCUT2D eigenvalue weighted by Crippen LogP contribution is -3.14. The van der Waals surface area contributed by atoms with E-state index >= 15 is 0 Å². The average Bonchev–Trinajstić information content (AvgIpc) is 3.05. The van der Waals surface area contributed by atoms with Crippen LogP contribution in [0.15, 0.2) is 60.2 Å². The van der Waals surface area contributed by atoms with E-state index in [-0.39, 0.29) is 11.3 Å². The lowest BCUT2D eigenvalue weighted by Gasteiger charge is -2.27. The Morgan fingerprint density at radius 3 is 2.42 bits per heavy atom. The van der Waals surface area contributed by atoms with Crippen molar-refractivity contribution in [1.29, 1.82) is 0 Å². The van der Waals surface area contributed by atoms with Crippen molar-refractivity contribution < 1.29 is 24.3 Å². The number of nitrogens with one attached hydrogen (secondary N) is 1. The van der Waals surface area contributed by atoms with Crippen molar-refractivity contribution in [3.8, 4) is 0 Å². The first-order valence-electron chi connectivity index (χ1n) is 10.9. The second-order valence-corrected chi connectivity index (χ2v) is 8.24. The number of carbonyl (C=O) groups is 2. The summed E-state index contributed by atoms with van der Waals surface area (Å²) in [6, 6.07) is 16.2. The van der Waals surface area contributed by atoms with E-state index in [2.05, 4.69) is 0 Å². The molecule has 0 radical (unpaired) electrons. The Bertz CT molecular complexity index is 963. The molecule has 0 spiro atoms. The van der Waals surface area contributed by atoms with Crippen molar-refractivity contribution in [1.82, 2.24) is 4.90 Å². The van der Waals surface area contributed by atoms with Gasteiger partial charge >= 0.3 is 0 Å². The molecule has 0 aliphatic carbocycles. The van der Waals surface area contributed by atoms with Crippen molar-refractivity contribution in [3.05, 3.63) is 76.9 Å². The fourth-order valence-electron chi connectivity index (χ4n) is 4.37. The number of hydrogen-bond donors (Lipinski definition) is 2. The van der Waals surface area contributed by atoms with Gasteiger partial charge in [-0.3, -0.25) is 9.59 Å². The van der Waals surface area contributed by atoms with Gasteiger partial charge < -0.3 is 19.6 Å². The number of amides is 1. The van der Waals surface area contributed by atoms with Crippen LogP contribution in [0.3, 0.4) is 0 Å². The summed E-state index contributed by atoms with van der Waals surface area (Å²) in [6.45, 7) is 6.85. The average molecular weight is 422 g/mol. The van der Waals surface area contributed by atoms with Gasteiger partial charge in [-0.2, -0.15) is 0 Å². The molecule has 2 aromatic rings. The molecule has 0 unspecified atom stereocenters. The van der Waals surface area contributed by atoms with Gasteiger partial charge in [-0.1, -0.05) is 60.2 Å². The molecule has 2 aromatic carbocycles. The summed E-state index contributed by atoms with van der Waals surface area (Å²) in [7, 11) is 0. The molecular formula is C25H29N2O4+. The standard InChI is InChI=1S/C25H28N2O4/c1-18-8-10-19(11-9-18)22-21(23(28)20-6-3-2-4-7-20)24(29)25(30)27(22)13-5-12-26-14-16-31-17-15-26/h2-4,6-11,22,28H,5,12-17H2,1H3/p+1/t22-/m1/s1. The summed E-state index contributed by atoms with van der Waals surface area (Å²) in [5.74, 6) is -1.28. The van der Waals surface area contributed by atoms with Gasteiger partial charge in [0.05, 0.1) is 31.4 Å². The van der Waals surface area contributed by atoms with Gasteiger partial charge in [-0.25, -0.2) is 0 Å². The van der Waals surface area contributed by atoms with E-state index in [1.165, 1.54) is 4.90 Å². The summed E-state index contributed by atoms with van der Waals surface area (Å²) < 4.78 is 5.41. The molecule has 0 bridgehead atoms. The number of morpholine rings is 1.